The zero-order chi connectivity index (χ0) is 18.3. The van der Waals surface area contributed by atoms with E-state index in [9.17, 15) is 8.42 Å². The molecule has 1 aliphatic heterocycles. The SMILES string of the molecule is O=S(=O)(O)CCN1CCN(CCO)CC1.On1nnc2ccccc21. The number of hydrogen-bond acceptors (Lipinski definition) is 8. The Morgan fingerprint density at radius 1 is 1.04 bits per heavy atom. The van der Waals surface area contributed by atoms with Gasteiger partial charge in [0, 0.05) is 39.3 Å². The van der Waals surface area contributed by atoms with Gasteiger partial charge in [0.15, 0.2) is 0 Å². The van der Waals surface area contributed by atoms with Crippen LogP contribution in [0.3, 0.4) is 0 Å². The highest BCUT2D eigenvalue weighted by molar-refractivity contribution is 7.85. The van der Waals surface area contributed by atoms with E-state index in [0.717, 1.165) is 31.0 Å². The minimum absolute atomic E-state index is 0.158. The van der Waals surface area contributed by atoms with E-state index in [-0.39, 0.29) is 12.4 Å². The molecule has 10 nitrogen and oxygen atoms in total. The zero-order valence-electron chi connectivity index (χ0n) is 13.8. The molecule has 25 heavy (non-hydrogen) atoms. The molecule has 140 valence electrons. The van der Waals surface area contributed by atoms with Gasteiger partial charge in [-0.15, -0.1) is 5.10 Å². The third-order valence-corrected chi connectivity index (χ3v) is 4.58. The van der Waals surface area contributed by atoms with Crippen molar-refractivity contribution in [2.45, 2.75) is 0 Å². The third-order valence-electron chi connectivity index (χ3n) is 3.88. The van der Waals surface area contributed by atoms with E-state index in [1.165, 1.54) is 0 Å². The van der Waals surface area contributed by atoms with Crippen molar-refractivity contribution in [2.24, 2.45) is 0 Å². The van der Waals surface area contributed by atoms with Crippen LogP contribution in [-0.2, 0) is 10.1 Å². The topological polar surface area (TPSA) is 132 Å². The van der Waals surface area contributed by atoms with Crippen LogP contribution in [0.1, 0.15) is 0 Å². The van der Waals surface area contributed by atoms with Gasteiger partial charge in [0.2, 0.25) is 0 Å². The lowest BCUT2D eigenvalue weighted by atomic mass is 10.3. The molecule has 0 unspecified atom stereocenters. The van der Waals surface area contributed by atoms with Crippen molar-refractivity contribution in [1.82, 2.24) is 25.0 Å². The molecule has 0 radical (unpaired) electrons. The van der Waals surface area contributed by atoms with Crippen molar-refractivity contribution in [2.75, 3.05) is 51.6 Å². The standard InChI is InChI=1S/C8H18N2O4S.C6H5N3O/c11-7-5-9-1-3-10(4-2-9)6-8-15(12,13)14;10-9-6-4-2-1-3-5(6)7-8-9/h11H,1-8H2,(H,12,13,14);1-4,10H. The van der Waals surface area contributed by atoms with Gasteiger partial charge in [0.05, 0.1) is 12.4 Å². The second-order valence-electron chi connectivity index (χ2n) is 5.66. The summed E-state index contributed by atoms with van der Waals surface area (Å²) in [4.78, 5) is 4.89. The first kappa shape index (κ1) is 19.5. The van der Waals surface area contributed by atoms with E-state index in [1.807, 2.05) is 17.0 Å². The number of aliphatic hydroxyl groups is 1. The summed E-state index contributed by atoms with van der Waals surface area (Å²) < 4.78 is 29.6. The normalized spacial score (nSPS) is 16.6. The second-order valence-corrected chi connectivity index (χ2v) is 7.23. The Morgan fingerprint density at radius 2 is 1.64 bits per heavy atom. The van der Waals surface area contributed by atoms with Crippen LogP contribution < -0.4 is 0 Å². The van der Waals surface area contributed by atoms with Gasteiger partial charge in [-0.05, 0) is 17.3 Å². The zero-order valence-corrected chi connectivity index (χ0v) is 14.6. The van der Waals surface area contributed by atoms with Crippen LogP contribution in [0.15, 0.2) is 24.3 Å². The van der Waals surface area contributed by atoms with Crippen LogP contribution in [0, 0.1) is 0 Å². The van der Waals surface area contributed by atoms with Crippen LogP contribution >= 0.6 is 0 Å². The molecule has 1 fully saturated rings. The summed E-state index contributed by atoms with van der Waals surface area (Å²) in [5, 5.41) is 24.8. The van der Waals surface area contributed by atoms with Crippen molar-refractivity contribution in [3.05, 3.63) is 24.3 Å². The Balaban J connectivity index is 0.000000194. The molecule has 0 aliphatic carbocycles. The van der Waals surface area contributed by atoms with Crippen molar-refractivity contribution in [1.29, 1.82) is 0 Å². The Labute approximate surface area is 146 Å². The number of aliphatic hydroxyl groups excluding tert-OH is 1. The Kier molecular flexibility index (Phi) is 7.08. The summed E-state index contributed by atoms with van der Waals surface area (Å²) >= 11 is 0. The number of piperazine rings is 1. The van der Waals surface area contributed by atoms with Crippen LogP contribution in [-0.4, -0.2) is 99.9 Å². The Hall–Kier alpha value is -1.79. The number of fused-ring (bicyclic) bond motifs is 1. The number of benzene rings is 1. The molecule has 1 saturated heterocycles. The van der Waals surface area contributed by atoms with Gasteiger partial charge in [0.1, 0.15) is 11.0 Å². The quantitative estimate of drug-likeness (QED) is 0.453. The van der Waals surface area contributed by atoms with E-state index in [4.69, 9.17) is 14.9 Å². The van der Waals surface area contributed by atoms with E-state index in [0.29, 0.717) is 24.1 Å². The summed E-state index contributed by atoms with van der Waals surface area (Å²) in [5.41, 5.74) is 1.33. The molecular weight excluding hydrogens is 350 g/mol. The predicted molar refractivity (Wildman–Crippen MR) is 91.1 cm³/mol. The van der Waals surface area contributed by atoms with E-state index in [1.54, 1.807) is 12.1 Å². The maximum Gasteiger partial charge on any atom is 0.266 e. The van der Waals surface area contributed by atoms with Crippen molar-refractivity contribution >= 4 is 21.2 Å². The fourth-order valence-corrected chi connectivity index (χ4v) is 2.97. The number of para-hydroxylation sites is 1. The predicted octanol–water partition coefficient (Wildman–Crippen LogP) is -0.847. The molecule has 1 aromatic carbocycles. The van der Waals surface area contributed by atoms with Crippen LogP contribution in [0.4, 0.5) is 0 Å². The molecule has 0 bridgehead atoms. The summed E-state index contributed by atoms with van der Waals surface area (Å²) in [5.74, 6) is -0.201. The summed E-state index contributed by atoms with van der Waals surface area (Å²) in [7, 11) is -3.84. The number of aromatic nitrogens is 3. The largest absolute Gasteiger partial charge is 0.410 e. The van der Waals surface area contributed by atoms with Crippen molar-refractivity contribution in [3.63, 3.8) is 0 Å². The van der Waals surface area contributed by atoms with Crippen LogP contribution in [0.5, 0.6) is 0 Å². The lowest BCUT2D eigenvalue weighted by molar-refractivity contribution is 0.116. The molecule has 11 heteroatoms. The molecule has 0 saturated carbocycles. The maximum atomic E-state index is 10.5. The third kappa shape index (κ3) is 6.55. The lowest BCUT2D eigenvalue weighted by Gasteiger charge is -2.33. The van der Waals surface area contributed by atoms with Gasteiger partial charge in [-0.3, -0.25) is 14.4 Å². The fourth-order valence-electron chi connectivity index (χ4n) is 2.48. The number of rotatable bonds is 5. The van der Waals surface area contributed by atoms with Gasteiger partial charge >= 0.3 is 0 Å². The molecule has 0 atom stereocenters. The molecule has 0 spiro atoms. The van der Waals surface area contributed by atoms with Crippen LogP contribution in [0.25, 0.3) is 11.0 Å². The first-order valence-electron chi connectivity index (χ1n) is 7.89. The second kappa shape index (κ2) is 9.06. The number of hydrogen-bond donors (Lipinski definition) is 3. The molecule has 3 N–H and O–H groups in total. The monoisotopic (exact) mass is 373 g/mol. The Bertz CT molecular complexity index is 758. The lowest BCUT2D eigenvalue weighted by Crippen LogP contribution is -2.48. The summed E-state index contributed by atoms with van der Waals surface area (Å²) in [6.07, 6.45) is 0. The highest BCUT2D eigenvalue weighted by Gasteiger charge is 2.17. The van der Waals surface area contributed by atoms with E-state index in [2.05, 4.69) is 15.2 Å². The van der Waals surface area contributed by atoms with E-state index >= 15 is 0 Å². The highest BCUT2D eigenvalue weighted by Crippen LogP contribution is 2.06. The smallest absolute Gasteiger partial charge is 0.266 e. The molecule has 0 amide bonds. The number of nitrogens with zero attached hydrogens (tertiary/aromatic N) is 5. The summed E-state index contributed by atoms with van der Waals surface area (Å²) in [6, 6.07) is 7.19. The first-order valence-corrected chi connectivity index (χ1v) is 9.50. The van der Waals surface area contributed by atoms with Gasteiger partial charge < -0.3 is 10.3 Å². The molecule has 3 rings (SSSR count). The minimum Gasteiger partial charge on any atom is -0.410 e. The molecule has 2 aromatic rings. The minimum atomic E-state index is -3.84. The molecular formula is C14H23N5O5S. The van der Waals surface area contributed by atoms with E-state index < -0.39 is 10.1 Å². The van der Waals surface area contributed by atoms with Crippen molar-refractivity contribution < 1.29 is 23.3 Å². The average Bonchev–Trinajstić information content (AvgIpc) is 2.96. The van der Waals surface area contributed by atoms with Gasteiger partial charge in [-0.1, -0.05) is 17.0 Å². The molecule has 1 aliphatic rings. The Morgan fingerprint density at radius 3 is 2.20 bits per heavy atom. The highest BCUT2D eigenvalue weighted by atomic mass is 32.2. The molecule has 2 heterocycles. The molecule has 1 aromatic heterocycles. The van der Waals surface area contributed by atoms with Gasteiger partial charge in [-0.25, -0.2) is 0 Å². The van der Waals surface area contributed by atoms with Crippen LogP contribution in [0.2, 0.25) is 0 Å². The summed E-state index contributed by atoms with van der Waals surface area (Å²) in [6.45, 7) is 4.46. The first-order chi connectivity index (χ1) is 11.9. The maximum absolute atomic E-state index is 10.5. The average molecular weight is 373 g/mol. The number of β-amino-alcohol motifs (C(OH)–C–C–N with tert-alkyl or cyclic N) is 1. The fraction of sp³-hybridized carbons (Fsp3) is 0.571. The van der Waals surface area contributed by atoms with Crippen molar-refractivity contribution in [3.8, 4) is 0 Å². The van der Waals surface area contributed by atoms with Gasteiger partial charge in [0.25, 0.3) is 10.1 Å². The van der Waals surface area contributed by atoms with Gasteiger partial charge in [-0.2, -0.15) is 8.42 Å².